The lowest BCUT2D eigenvalue weighted by molar-refractivity contribution is -0.126. The predicted molar refractivity (Wildman–Crippen MR) is 107 cm³/mol. The van der Waals surface area contributed by atoms with E-state index in [1.807, 2.05) is 18.2 Å². The first-order valence-electron chi connectivity index (χ1n) is 9.64. The van der Waals surface area contributed by atoms with Gasteiger partial charge in [0, 0.05) is 37.2 Å². The quantitative estimate of drug-likeness (QED) is 0.688. The summed E-state index contributed by atoms with van der Waals surface area (Å²) in [4.78, 5) is 24.6. The minimum absolute atomic E-state index is 0. The Morgan fingerprint density at radius 1 is 1.15 bits per heavy atom. The number of hydrogen-bond donors (Lipinski definition) is 3. The van der Waals surface area contributed by atoms with Crippen LogP contribution in [0.25, 0.3) is 0 Å². The molecule has 6 nitrogen and oxygen atoms in total. The van der Waals surface area contributed by atoms with Gasteiger partial charge in [0.2, 0.25) is 5.91 Å². The van der Waals surface area contributed by atoms with Crippen LogP contribution >= 0.6 is 12.4 Å². The molecule has 1 aromatic carbocycles. The number of benzene rings is 1. The van der Waals surface area contributed by atoms with E-state index in [0.717, 1.165) is 50.7 Å². The van der Waals surface area contributed by atoms with Crippen LogP contribution in [0.4, 0.5) is 0 Å². The van der Waals surface area contributed by atoms with Crippen molar-refractivity contribution < 1.29 is 14.3 Å². The van der Waals surface area contributed by atoms with Crippen LogP contribution in [0, 0.1) is 5.92 Å². The van der Waals surface area contributed by atoms with E-state index in [1.54, 1.807) is 6.07 Å². The first-order valence-corrected chi connectivity index (χ1v) is 9.64. The second-order valence-corrected chi connectivity index (χ2v) is 7.39. The van der Waals surface area contributed by atoms with Gasteiger partial charge in [0.25, 0.3) is 5.91 Å². The van der Waals surface area contributed by atoms with Gasteiger partial charge in [-0.25, -0.2) is 0 Å². The van der Waals surface area contributed by atoms with Gasteiger partial charge in [-0.3, -0.25) is 9.59 Å². The van der Waals surface area contributed by atoms with Gasteiger partial charge in [0.15, 0.2) is 0 Å². The highest BCUT2D eigenvalue weighted by molar-refractivity contribution is 5.94. The summed E-state index contributed by atoms with van der Waals surface area (Å²) in [6.07, 6.45) is 5.87. The van der Waals surface area contributed by atoms with Crippen molar-refractivity contribution in [3.8, 4) is 0 Å². The lowest BCUT2D eigenvalue weighted by Gasteiger charge is -2.25. The lowest BCUT2D eigenvalue weighted by Crippen LogP contribution is -2.37. The molecule has 150 valence electrons. The van der Waals surface area contributed by atoms with Crippen LogP contribution in [0.2, 0.25) is 0 Å². The standard InChI is InChI=1S/C20H29N3O3.ClH/c21-17-7-2-6-16(11-17)20(25)22-12-14-4-1-5-15(10-14)19(24)23-13-18-8-3-9-26-18;/h1,4-5,10,16-18H,2-3,6-9,11-13,21H2,(H,22,25)(H,23,24);1H. The minimum Gasteiger partial charge on any atom is -0.376 e. The molecule has 4 N–H and O–H groups in total. The zero-order chi connectivity index (χ0) is 18.4. The molecule has 1 heterocycles. The van der Waals surface area contributed by atoms with E-state index in [0.29, 0.717) is 18.7 Å². The van der Waals surface area contributed by atoms with Crippen LogP contribution in [0.1, 0.15) is 54.4 Å². The van der Waals surface area contributed by atoms with Gasteiger partial charge < -0.3 is 21.1 Å². The monoisotopic (exact) mass is 395 g/mol. The molecule has 2 fully saturated rings. The Morgan fingerprint density at radius 2 is 2.00 bits per heavy atom. The molecule has 3 unspecified atom stereocenters. The Bertz CT molecular complexity index is 635. The number of rotatable bonds is 6. The van der Waals surface area contributed by atoms with E-state index in [-0.39, 0.29) is 42.3 Å². The topological polar surface area (TPSA) is 93.5 Å². The number of carbonyl (C=O) groups is 2. The molecule has 0 radical (unpaired) electrons. The van der Waals surface area contributed by atoms with Gasteiger partial charge in [-0.2, -0.15) is 0 Å². The molecule has 1 aliphatic carbocycles. The van der Waals surface area contributed by atoms with Crippen LogP contribution in [0.3, 0.4) is 0 Å². The molecule has 27 heavy (non-hydrogen) atoms. The maximum Gasteiger partial charge on any atom is 0.251 e. The van der Waals surface area contributed by atoms with Gasteiger partial charge in [-0.1, -0.05) is 18.6 Å². The summed E-state index contributed by atoms with van der Waals surface area (Å²) in [5, 5.41) is 5.91. The summed E-state index contributed by atoms with van der Waals surface area (Å²) in [5.41, 5.74) is 7.49. The smallest absolute Gasteiger partial charge is 0.251 e. The Kier molecular flexibility index (Phi) is 8.54. The average Bonchev–Trinajstić information content (AvgIpc) is 3.18. The molecule has 3 rings (SSSR count). The van der Waals surface area contributed by atoms with E-state index in [1.165, 1.54) is 0 Å². The van der Waals surface area contributed by atoms with Gasteiger partial charge >= 0.3 is 0 Å². The number of hydrogen-bond acceptors (Lipinski definition) is 4. The van der Waals surface area contributed by atoms with Crippen LogP contribution in [0.15, 0.2) is 24.3 Å². The van der Waals surface area contributed by atoms with Crippen LogP contribution in [0.5, 0.6) is 0 Å². The largest absolute Gasteiger partial charge is 0.376 e. The lowest BCUT2D eigenvalue weighted by atomic mass is 9.85. The summed E-state index contributed by atoms with van der Waals surface area (Å²) in [6, 6.07) is 7.52. The van der Waals surface area contributed by atoms with E-state index >= 15 is 0 Å². The van der Waals surface area contributed by atoms with Gasteiger partial charge in [-0.15, -0.1) is 12.4 Å². The van der Waals surface area contributed by atoms with Crippen LogP contribution in [-0.2, 0) is 16.1 Å². The molecule has 0 aromatic heterocycles. The fraction of sp³-hybridized carbons (Fsp3) is 0.600. The Morgan fingerprint density at radius 3 is 2.74 bits per heavy atom. The zero-order valence-electron chi connectivity index (χ0n) is 15.6. The molecule has 1 saturated carbocycles. The van der Waals surface area contributed by atoms with Crippen molar-refractivity contribution in [1.82, 2.24) is 10.6 Å². The maximum atomic E-state index is 12.3. The van der Waals surface area contributed by atoms with Gasteiger partial charge in [0.1, 0.15) is 0 Å². The molecule has 2 aliphatic rings. The summed E-state index contributed by atoms with van der Waals surface area (Å²) in [5.74, 6) is -0.0306. The number of nitrogens with two attached hydrogens (primary N) is 1. The zero-order valence-corrected chi connectivity index (χ0v) is 16.4. The fourth-order valence-corrected chi connectivity index (χ4v) is 3.74. The Balaban J connectivity index is 0.00000261. The van der Waals surface area contributed by atoms with Crippen LogP contribution in [-0.4, -0.2) is 37.1 Å². The summed E-state index contributed by atoms with van der Waals surface area (Å²) < 4.78 is 5.52. The van der Waals surface area contributed by atoms with Crippen molar-refractivity contribution in [1.29, 1.82) is 0 Å². The minimum atomic E-state index is -0.105. The van der Waals surface area contributed by atoms with E-state index < -0.39 is 0 Å². The summed E-state index contributed by atoms with van der Waals surface area (Å²) in [7, 11) is 0. The predicted octanol–water partition coefficient (Wildman–Crippen LogP) is 2.15. The molecule has 0 spiro atoms. The molecule has 2 amide bonds. The molecular formula is C20H30ClN3O3. The molecule has 3 atom stereocenters. The van der Waals surface area contributed by atoms with Crippen molar-refractivity contribution in [2.45, 2.75) is 57.2 Å². The summed E-state index contributed by atoms with van der Waals surface area (Å²) >= 11 is 0. The van der Waals surface area contributed by atoms with Crippen molar-refractivity contribution in [3.63, 3.8) is 0 Å². The first-order chi connectivity index (χ1) is 12.6. The fourth-order valence-electron chi connectivity index (χ4n) is 3.74. The van der Waals surface area contributed by atoms with Crippen LogP contribution < -0.4 is 16.4 Å². The highest BCUT2D eigenvalue weighted by Crippen LogP contribution is 2.23. The SMILES string of the molecule is Cl.NC1CCCC(C(=O)NCc2cccc(C(=O)NCC3CCCO3)c2)C1. The van der Waals surface area contributed by atoms with Gasteiger partial charge in [-0.05, 0) is 49.8 Å². The average molecular weight is 396 g/mol. The molecule has 1 aromatic rings. The number of amides is 2. The van der Waals surface area contributed by atoms with Crippen molar-refractivity contribution in [2.24, 2.45) is 11.7 Å². The molecule has 7 heteroatoms. The number of nitrogens with one attached hydrogen (secondary N) is 2. The van der Waals surface area contributed by atoms with Crippen molar-refractivity contribution in [3.05, 3.63) is 35.4 Å². The second kappa shape index (κ2) is 10.6. The highest BCUT2D eigenvalue weighted by atomic mass is 35.5. The Hall–Kier alpha value is -1.63. The molecular weight excluding hydrogens is 366 g/mol. The number of ether oxygens (including phenoxy) is 1. The van der Waals surface area contributed by atoms with E-state index in [4.69, 9.17) is 10.5 Å². The third kappa shape index (κ3) is 6.48. The second-order valence-electron chi connectivity index (χ2n) is 7.39. The third-order valence-corrected chi connectivity index (χ3v) is 5.26. The van der Waals surface area contributed by atoms with E-state index in [2.05, 4.69) is 10.6 Å². The Labute approximate surface area is 167 Å². The van der Waals surface area contributed by atoms with Gasteiger partial charge in [0.05, 0.1) is 6.10 Å². The molecule has 0 bridgehead atoms. The highest BCUT2D eigenvalue weighted by Gasteiger charge is 2.25. The number of carbonyl (C=O) groups excluding carboxylic acids is 2. The summed E-state index contributed by atoms with van der Waals surface area (Å²) in [6.45, 7) is 1.75. The first kappa shape index (κ1) is 21.7. The molecule has 1 saturated heterocycles. The van der Waals surface area contributed by atoms with Crippen molar-refractivity contribution in [2.75, 3.05) is 13.2 Å². The third-order valence-electron chi connectivity index (χ3n) is 5.26. The van der Waals surface area contributed by atoms with E-state index in [9.17, 15) is 9.59 Å². The normalized spacial score (nSPS) is 24.7. The molecule has 1 aliphatic heterocycles. The maximum absolute atomic E-state index is 12.3. The number of halogens is 1. The van der Waals surface area contributed by atoms with Crippen molar-refractivity contribution >= 4 is 24.2 Å².